The molecule has 0 aliphatic heterocycles. The number of pyridine rings is 1. The van der Waals surface area contributed by atoms with Gasteiger partial charge in [0.15, 0.2) is 0 Å². The maximum Gasteiger partial charge on any atom is 0.388 e. The van der Waals surface area contributed by atoms with Crippen molar-refractivity contribution in [2.75, 3.05) is 12.4 Å². The molecule has 0 spiro atoms. The normalized spacial score (nSPS) is 10.1. The highest BCUT2D eigenvalue weighted by molar-refractivity contribution is 5.54. The van der Waals surface area contributed by atoms with Gasteiger partial charge in [0.25, 0.3) is 6.43 Å². The van der Waals surface area contributed by atoms with Gasteiger partial charge < -0.3 is 14.8 Å². The maximum absolute atomic E-state index is 13.1. The second kappa shape index (κ2) is 11.5. The third-order valence-corrected chi connectivity index (χ3v) is 3.06. The summed E-state index contributed by atoms with van der Waals surface area (Å²) in [6.45, 7) is -3.20. The number of alkyl halides is 4. The van der Waals surface area contributed by atoms with E-state index in [1.807, 2.05) is 0 Å². The first-order chi connectivity index (χ1) is 12.9. The number of nitrogens with zero attached hydrogens (tertiary/aromatic N) is 1. The van der Waals surface area contributed by atoms with Crippen LogP contribution in [0.3, 0.4) is 0 Å². The maximum atomic E-state index is 13.1. The van der Waals surface area contributed by atoms with Crippen molar-refractivity contribution in [2.24, 2.45) is 5.84 Å². The Balaban J connectivity index is 0.000000828. The van der Waals surface area contributed by atoms with E-state index in [2.05, 4.69) is 20.9 Å². The summed E-state index contributed by atoms with van der Waals surface area (Å²) in [5, 5.41) is 2.81. The summed E-state index contributed by atoms with van der Waals surface area (Å²) in [5.41, 5.74) is 2.34. The van der Waals surface area contributed by atoms with Gasteiger partial charge in [0.05, 0.1) is 0 Å². The van der Waals surface area contributed by atoms with E-state index in [0.29, 0.717) is 12.1 Å². The molecular weight excluding hydrogens is 372 g/mol. The molecule has 1 heterocycles. The van der Waals surface area contributed by atoms with E-state index in [4.69, 9.17) is 9.53 Å². The van der Waals surface area contributed by atoms with Crippen molar-refractivity contribution < 1.29 is 31.8 Å². The fourth-order valence-electron chi connectivity index (χ4n) is 1.98. The Morgan fingerprint density at radius 1 is 1.15 bits per heavy atom. The Kier molecular flexibility index (Phi) is 9.37. The topological polar surface area (TPSA) is 98.5 Å². The van der Waals surface area contributed by atoms with Crippen LogP contribution in [-0.4, -0.2) is 25.1 Å². The number of nitrogens with two attached hydrogens (primary N) is 1. The SMILES string of the molecule is CNc1cccc(C(F)F)c1COc1cccc(OC(F)F)n1.NNC=O. The first-order valence-electron chi connectivity index (χ1n) is 7.45. The molecule has 0 saturated carbocycles. The van der Waals surface area contributed by atoms with E-state index in [9.17, 15) is 17.6 Å². The van der Waals surface area contributed by atoms with Crippen molar-refractivity contribution in [3.05, 3.63) is 47.5 Å². The number of aromatic nitrogens is 1. The summed E-state index contributed by atoms with van der Waals surface area (Å²) >= 11 is 0. The van der Waals surface area contributed by atoms with Crippen LogP contribution >= 0.6 is 0 Å². The van der Waals surface area contributed by atoms with Gasteiger partial charge in [0.1, 0.15) is 6.61 Å². The average Bonchev–Trinajstić information content (AvgIpc) is 2.65. The lowest BCUT2D eigenvalue weighted by Gasteiger charge is -2.15. The van der Waals surface area contributed by atoms with Crippen molar-refractivity contribution in [1.82, 2.24) is 10.4 Å². The van der Waals surface area contributed by atoms with Crippen LogP contribution in [0.1, 0.15) is 17.6 Å². The Morgan fingerprint density at radius 3 is 2.33 bits per heavy atom. The quantitative estimate of drug-likeness (QED) is 0.211. The molecule has 0 saturated heterocycles. The van der Waals surface area contributed by atoms with Crippen LogP contribution in [0.15, 0.2) is 36.4 Å². The number of hydrogen-bond acceptors (Lipinski definition) is 6. The summed E-state index contributed by atoms with van der Waals surface area (Å²) in [5.74, 6) is 4.09. The Morgan fingerprint density at radius 2 is 1.78 bits per heavy atom. The molecule has 11 heteroatoms. The summed E-state index contributed by atoms with van der Waals surface area (Å²) in [6, 6.07) is 8.51. The second-order valence-corrected chi connectivity index (χ2v) is 4.69. The zero-order valence-electron chi connectivity index (χ0n) is 14.2. The third kappa shape index (κ3) is 7.36. The predicted molar refractivity (Wildman–Crippen MR) is 89.5 cm³/mol. The number of halogens is 4. The molecule has 1 amide bonds. The number of ether oxygens (including phenoxy) is 2. The van der Waals surface area contributed by atoms with Crippen LogP contribution < -0.4 is 26.1 Å². The molecule has 2 rings (SSSR count). The number of benzene rings is 1. The number of anilines is 1. The monoisotopic (exact) mass is 390 g/mol. The summed E-state index contributed by atoms with van der Waals surface area (Å²) in [4.78, 5) is 12.7. The van der Waals surface area contributed by atoms with Crippen LogP contribution in [0, 0.1) is 0 Å². The lowest BCUT2D eigenvalue weighted by Crippen LogP contribution is -2.18. The van der Waals surface area contributed by atoms with E-state index in [-0.39, 0.29) is 29.5 Å². The molecule has 0 bridgehead atoms. The lowest BCUT2D eigenvalue weighted by molar-refractivity contribution is -0.109. The first-order valence-corrected chi connectivity index (χ1v) is 7.45. The molecule has 1 aromatic heterocycles. The number of amides is 1. The molecule has 0 atom stereocenters. The summed E-state index contributed by atoms with van der Waals surface area (Å²) in [6.07, 6.45) is -2.26. The van der Waals surface area contributed by atoms with Gasteiger partial charge in [-0.1, -0.05) is 18.2 Å². The van der Waals surface area contributed by atoms with Gasteiger partial charge in [-0.25, -0.2) is 14.6 Å². The third-order valence-electron chi connectivity index (χ3n) is 3.06. The van der Waals surface area contributed by atoms with Gasteiger partial charge in [-0.2, -0.15) is 13.8 Å². The largest absolute Gasteiger partial charge is 0.473 e. The fraction of sp³-hybridized carbons (Fsp3) is 0.250. The number of carbonyl (C=O) groups excluding carboxylic acids is 1. The van der Waals surface area contributed by atoms with Gasteiger partial charge >= 0.3 is 6.61 Å². The number of carbonyl (C=O) groups is 1. The van der Waals surface area contributed by atoms with E-state index in [1.165, 1.54) is 30.3 Å². The minimum atomic E-state index is -3.01. The van der Waals surface area contributed by atoms with Crippen molar-refractivity contribution in [3.63, 3.8) is 0 Å². The van der Waals surface area contributed by atoms with E-state index in [0.717, 1.165) is 0 Å². The number of rotatable bonds is 8. The van der Waals surface area contributed by atoms with Gasteiger partial charge in [-0.15, -0.1) is 0 Å². The van der Waals surface area contributed by atoms with Gasteiger partial charge in [-0.05, 0) is 6.07 Å². The number of nitrogens with one attached hydrogen (secondary N) is 2. The molecular formula is C16H18F4N4O3. The second-order valence-electron chi connectivity index (χ2n) is 4.69. The van der Waals surface area contributed by atoms with Crippen molar-refractivity contribution in [1.29, 1.82) is 0 Å². The van der Waals surface area contributed by atoms with Crippen molar-refractivity contribution in [2.45, 2.75) is 19.6 Å². The highest BCUT2D eigenvalue weighted by Crippen LogP contribution is 2.29. The summed E-state index contributed by atoms with van der Waals surface area (Å²) < 4.78 is 59.9. The van der Waals surface area contributed by atoms with Crippen molar-refractivity contribution >= 4 is 12.1 Å². The summed E-state index contributed by atoms with van der Waals surface area (Å²) in [7, 11) is 1.60. The van der Waals surface area contributed by atoms with E-state index >= 15 is 0 Å². The number of hydrogen-bond donors (Lipinski definition) is 3. The minimum absolute atomic E-state index is 0.00530. The molecule has 27 heavy (non-hydrogen) atoms. The highest BCUT2D eigenvalue weighted by atomic mass is 19.3. The van der Waals surface area contributed by atoms with Gasteiger partial charge in [0.2, 0.25) is 18.2 Å². The smallest absolute Gasteiger partial charge is 0.388 e. The Labute approximate surface area is 152 Å². The molecule has 148 valence electrons. The average molecular weight is 390 g/mol. The zero-order chi connectivity index (χ0) is 20.2. The van der Waals surface area contributed by atoms with Crippen LogP contribution in [-0.2, 0) is 11.4 Å². The Hall–Kier alpha value is -3.08. The molecule has 0 aliphatic carbocycles. The zero-order valence-corrected chi connectivity index (χ0v) is 14.2. The molecule has 0 radical (unpaired) electrons. The molecule has 1 aromatic carbocycles. The predicted octanol–water partition coefficient (Wildman–Crippen LogP) is 2.85. The molecule has 7 nitrogen and oxygen atoms in total. The van der Waals surface area contributed by atoms with Gasteiger partial charge in [-0.3, -0.25) is 10.2 Å². The molecule has 0 fully saturated rings. The van der Waals surface area contributed by atoms with Crippen molar-refractivity contribution in [3.8, 4) is 11.8 Å². The minimum Gasteiger partial charge on any atom is -0.473 e. The molecule has 2 aromatic rings. The van der Waals surface area contributed by atoms with E-state index in [1.54, 1.807) is 18.5 Å². The van der Waals surface area contributed by atoms with Crippen LogP contribution in [0.25, 0.3) is 0 Å². The first kappa shape index (κ1) is 22.0. The van der Waals surface area contributed by atoms with Gasteiger partial charge in [0, 0.05) is 36.0 Å². The Bertz CT molecular complexity index is 720. The van der Waals surface area contributed by atoms with E-state index < -0.39 is 13.0 Å². The van der Waals surface area contributed by atoms with Crippen LogP contribution in [0.4, 0.5) is 23.2 Å². The highest BCUT2D eigenvalue weighted by Gasteiger charge is 2.16. The molecule has 0 unspecified atom stereocenters. The molecule has 0 aliphatic rings. The standard InChI is InChI=1S/C15H14F4N2O2.CH4N2O/c1-20-11-5-2-4-9(14(16)17)10(11)8-22-12-6-3-7-13(21-12)23-15(18)19;2-3-1-4/h2-7,14-15,20H,8H2,1H3;1H,2H2,(H,3,4). The van der Waals surface area contributed by atoms with Crippen LogP contribution in [0.2, 0.25) is 0 Å². The van der Waals surface area contributed by atoms with Crippen LogP contribution in [0.5, 0.6) is 11.8 Å². The number of hydrazine groups is 1. The lowest BCUT2D eigenvalue weighted by atomic mass is 10.1. The molecule has 4 N–H and O–H groups in total. The fourth-order valence-corrected chi connectivity index (χ4v) is 1.98.